The molecule has 0 aromatic carbocycles. The lowest BCUT2D eigenvalue weighted by Gasteiger charge is -2.19. The summed E-state index contributed by atoms with van der Waals surface area (Å²) >= 11 is 0. The molecule has 0 amide bonds. The van der Waals surface area contributed by atoms with Crippen LogP contribution in [0.1, 0.15) is 13.3 Å². The van der Waals surface area contributed by atoms with Gasteiger partial charge in [-0.1, -0.05) is 12.1 Å². The highest BCUT2D eigenvalue weighted by molar-refractivity contribution is 5.85. The van der Waals surface area contributed by atoms with Crippen LogP contribution in [-0.2, 0) is 0 Å². The fraction of sp³-hybridized carbons (Fsp3) is 0.857. The van der Waals surface area contributed by atoms with Crippen molar-refractivity contribution in [3.63, 3.8) is 0 Å². The van der Waals surface area contributed by atoms with Gasteiger partial charge in [0.05, 0.1) is 12.6 Å². The van der Waals surface area contributed by atoms with E-state index in [1.165, 1.54) is 0 Å². The van der Waals surface area contributed by atoms with Gasteiger partial charge < -0.3 is 21.4 Å². The van der Waals surface area contributed by atoms with E-state index in [0.29, 0.717) is 6.42 Å². The molecule has 1 unspecified atom stereocenters. The molecule has 0 saturated carbocycles. The number of nitrogens with two attached hydrogens (primary N) is 1. The van der Waals surface area contributed by atoms with Gasteiger partial charge in [-0.3, -0.25) is 0 Å². The maximum Gasteiger partial charge on any atom is 0.282 e. The molecule has 0 heterocycles. The zero-order chi connectivity index (χ0) is 11.2. The number of oxime groups is 1. The molecule has 0 radical (unpaired) electrons. The van der Waals surface area contributed by atoms with Crippen LogP contribution in [0.4, 0.5) is 8.78 Å². The summed E-state index contributed by atoms with van der Waals surface area (Å²) in [5.74, 6) is -3.34. The molecule has 0 saturated heterocycles. The van der Waals surface area contributed by atoms with Gasteiger partial charge in [-0.15, -0.1) is 0 Å². The third kappa shape index (κ3) is 4.33. The highest BCUT2D eigenvalue weighted by Crippen LogP contribution is 2.10. The zero-order valence-corrected chi connectivity index (χ0v) is 7.87. The van der Waals surface area contributed by atoms with Crippen LogP contribution in [0.15, 0.2) is 5.16 Å². The summed E-state index contributed by atoms with van der Waals surface area (Å²) in [7, 11) is 0. The van der Waals surface area contributed by atoms with Crippen molar-refractivity contribution in [3.05, 3.63) is 0 Å². The Kier molecular flexibility index (Phi) is 5.32. The standard InChI is InChI=1S/C7H15F2N3O2/c1-2-5(6(10)12-14)11-3-7(8,9)4-13/h5,11,13-14H,2-4H2,1H3,(H2,10,12). The van der Waals surface area contributed by atoms with Gasteiger partial charge in [-0.05, 0) is 6.42 Å². The van der Waals surface area contributed by atoms with E-state index in [0.717, 1.165) is 0 Å². The number of aliphatic hydroxyl groups is 1. The Bertz CT molecular complexity index is 199. The third-order valence-corrected chi connectivity index (χ3v) is 1.72. The van der Waals surface area contributed by atoms with E-state index in [-0.39, 0.29) is 5.84 Å². The Morgan fingerprint density at radius 2 is 2.21 bits per heavy atom. The summed E-state index contributed by atoms with van der Waals surface area (Å²) in [6.45, 7) is -0.238. The highest BCUT2D eigenvalue weighted by Gasteiger charge is 2.28. The van der Waals surface area contributed by atoms with Crippen LogP contribution in [0.25, 0.3) is 0 Å². The summed E-state index contributed by atoms with van der Waals surface area (Å²) in [6, 6.07) is -0.613. The Balaban J connectivity index is 4.09. The minimum atomic E-state index is -3.19. The molecule has 0 aromatic rings. The van der Waals surface area contributed by atoms with Gasteiger partial charge >= 0.3 is 0 Å². The van der Waals surface area contributed by atoms with E-state index in [4.69, 9.17) is 16.0 Å². The van der Waals surface area contributed by atoms with E-state index in [1.54, 1.807) is 6.92 Å². The van der Waals surface area contributed by atoms with E-state index < -0.39 is 25.1 Å². The SMILES string of the molecule is CCC(NCC(F)(F)CO)C(N)=NO. The van der Waals surface area contributed by atoms with Crippen molar-refractivity contribution < 1.29 is 19.1 Å². The van der Waals surface area contributed by atoms with Gasteiger partial charge in [0.1, 0.15) is 6.61 Å². The van der Waals surface area contributed by atoms with Crippen molar-refractivity contribution in [2.45, 2.75) is 25.3 Å². The first-order chi connectivity index (χ1) is 6.46. The first-order valence-corrected chi connectivity index (χ1v) is 4.16. The summed E-state index contributed by atoms with van der Waals surface area (Å²) < 4.78 is 25.1. The average molecular weight is 211 g/mol. The largest absolute Gasteiger partial charge is 0.409 e. The normalized spacial score (nSPS) is 15.6. The fourth-order valence-corrected chi connectivity index (χ4v) is 0.856. The molecule has 0 aliphatic rings. The molecule has 5 N–H and O–H groups in total. The lowest BCUT2D eigenvalue weighted by molar-refractivity contribution is -0.0483. The molecule has 7 heteroatoms. The average Bonchev–Trinajstić information content (AvgIpc) is 2.18. The van der Waals surface area contributed by atoms with Crippen LogP contribution in [0.3, 0.4) is 0 Å². The fourth-order valence-electron chi connectivity index (χ4n) is 0.856. The van der Waals surface area contributed by atoms with Crippen molar-refractivity contribution in [2.24, 2.45) is 10.9 Å². The predicted molar refractivity (Wildman–Crippen MR) is 47.5 cm³/mol. The molecular formula is C7H15F2N3O2. The lowest BCUT2D eigenvalue weighted by Crippen LogP contribution is -2.47. The van der Waals surface area contributed by atoms with Gasteiger partial charge in [0.25, 0.3) is 5.92 Å². The third-order valence-electron chi connectivity index (χ3n) is 1.72. The number of hydrogen-bond acceptors (Lipinski definition) is 4. The van der Waals surface area contributed by atoms with Gasteiger partial charge in [0.15, 0.2) is 5.84 Å². The van der Waals surface area contributed by atoms with E-state index in [2.05, 4.69) is 10.5 Å². The monoisotopic (exact) mass is 211 g/mol. The number of amidine groups is 1. The molecule has 0 bridgehead atoms. The Hall–Kier alpha value is -0.950. The Morgan fingerprint density at radius 3 is 2.57 bits per heavy atom. The van der Waals surface area contributed by atoms with Gasteiger partial charge in [-0.25, -0.2) is 8.78 Å². The van der Waals surface area contributed by atoms with Crippen LogP contribution < -0.4 is 11.1 Å². The molecule has 5 nitrogen and oxygen atoms in total. The van der Waals surface area contributed by atoms with Crippen molar-refractivity contribution in [1.82, 2.24) is 5.32 Å². The predicted octanol–water partition coefficient (Wildman–Crippen LogP) is -0.271. The molecule has 0 rings (SSSR count). The maximum atomic E-state index is 12.6. The second-order valence-electron chi connectivity index (χ2n) is 2.88. The molecule has 0 spiro atoms. The lowest BCUT2D eigenvalue weighted by atomic mass is 10.2. The van der Waals surface area contributed by atoms with Gasteiger partial charge in [-0.2, -0.15) is 0 Å². The number of nitrogens with zero attached hydrogens (tertiary/aromatic N) is 1. The van der Waals surface area contributed by atoms with Crippen molar-refractivity contribution >= 4 is 5.84 Å². The number of alkyl halides is 2. The molecular weight excluding hydrogens is 196 g/mol. The van der Waals surface area contributed by atoms with Gasteiger partial charge in [0.2, 0.25) is 0 Å². The maximum absolute atomic E-state index is 12.6. The van der Waals surface area contributed by atoms with Crippen LogP contribution >= 0.6 is 0 Å². The smallest absolute Gasteiger partial charge is 0.282 e. The van der Waals surface area contributed by atoms with Crippen LogP contribution in [0, 0.1) is 0 Å². The van der Waals surface area contributed by atoms with E-state index in [1.807, 2.05) is 0 Å². The van der Waals surface area contributed by atoms with E-state index in [9.17, 15) is 8.78 Å². The van der Waals surface area contributed by atoms with Gasteiger partial charge in [0, 0.05) is 0 Å². The molecule has 0 aromatic heterocycles. The molecule has 1 atom stereocenters. The zero-order valence-electron chi connectivity index (χ0n) is 7.87. The molecule has 0 fully saturated rings. The van der Waals surface area contributed by atoms with Crippen LogP contribution in [-0.4, -0.2) is 41.3 Å². The highest BCUT2D eigenvalue weighted by atomic mass is 19.3. The van der Waals surface area contributed by atoms with Crippen molar-refractivity contribution in [2.75, 3.05) is 13.2 Å². The Labute approximate surface area is 80.6 Å². The second-order valence-corrected chi connectivity index (χ2v) is 2.88. The number of hydrogen-bond donors (Lipinski definition) is 4. The minimum absolute atomic E-state index is 0.152. The molecule has 14 heavy (non-hydrogen) atoms. The first kappa shape index (κ1) is 13.1. The summed E-state index contributed by atoms with van der Waals surface area (Å²) in [5.41, 5.74) is 5.23. The first-order valence-electron chi connectivity index (χ1n) is 4.16. The molecule has 0 aliphatic heterocycles. The molecule has 0 aliphatic carbocycles. The van der Waals surface area contributed by atoms with Crippen molar-refractivity contribution in [3.8, 4) is 0 Å². The van der Waals surface area contributed by atoms with Crippen molar-refractivity contribution in [1.29, 1.82) is 0 Å². The van der Waals surface area contributed by atoms with Crippen LogP contribution in [0.5, 0.6) is 0 Å². The quantitative estimate of drug-likeness (QED) is 0.211. The number of aliphatic hydroxyl groups excluding tert-OH is 1. The summed E-state index contributed by atoms with van der Waals surface area (Å²) in [6.07, 6.45) is 0.414. The Morgan fingerprint density at radius 1 is 1.64 bits per heavy atom. The summed E-state index contributed by atoms with van der Waals surface area (Å²) in [4.78, 5) is 0. The number of halogens is 2. The van der Waals surface area contributed by atoms with Crippen LogP contribution in [0.2, 0.25) is 0 Å². The number of nitrogens with one attached hydrogen (secondary N) is 1. The minimum Gasteiger partial charge on any atom is -0.409 e. The topological polar surface area (TPSA) is 90.9 Å². The molecule has 84 valence electrons. The van der Waals surface area contributed by atoms with E-state index >= 15 is 0 Å². The summed E-state index contributed by atoms with van der Waals surface area (Å²) in [5, 5.41) is 21.7. The second kappa shape index (κ2) is 5.71. The number of rotatable bonds is 6.